The molecule has 40 heavy (non-hydrogen) atoms. The minimum absolute atomic E-state index is 0. The van der Waals surface area contributed by atoms with E-state index in [0.717, 1.165) is 33.4 Å². The Hall–Kier alpha value is -4.47. The van der Waals surface area contributed by atoms with E-state index in [2.05, 4.69) is 94.2 Å². The zero-order chi connectivity index (χ0) is 27.7. The zero-order valence-corrected chi connectivity index (χ0v) is 25.3. The van der Waals surface area contributed by atoms with Gasteiger partial charge in [-0.25, -0.2) is 19.2 Å². The van der Waals surface area contributed by atoms with Gasteiger partial charge in [0.2, 0.25) is 6.33 Å². The van der Waals surface area contributed by atoms with Crippen LogP contribution in [0.2, 0.25) is 0 Å². The van der Waals surface area contributed by atoms with E-state index < -0.39 is 0 Å². The highest BCUT2D eigenvalue weighted by Gasteiger charge is 2.16. The predicted molar refractivity (Wildman–Crippen MR) is 157 cm³/mol. The first-order valence-corrected chi connectivity index (χ1v) is 12.7. The molecule has 0 amide bonds. The number of halogens is 1. The fourth-order valence-corrected chi connectivity index (χ4v) is 4.60. The van der Waals surface area contributed by atoms with Crippen LogP contribution in [0, 0.1) is 40.8 Å². The van der Waals surface area contributed by atoms with Gasteiger partial charge in [-0.2, -0.15) is 4.57 Å². The van der Waals surface area contributed by atoms with Crippen LogP contribution in [0.1, 0.15) is 22.3 Å². The van der Waals surface area contributed by atoms with Crippen LogP contribution in [0.25, 0.3) is 43.1 Å². The number of hydrogen-bond donors (Lipinski definition) is 0. The van der Waals surface area contributed by atoms with Crippen molar-refractivity contribution in [3.05, 3.63) is 131 Å². The largest absolute Gasteiger partial charge is 1.00 e. The molecule has 0 bridgehead atoms. The van der Waals surface area contributed by atoms with Crippen molar-refractivity contribution in [1.82, 2.24) is 14.1 Å². The maximum absolute atomic E-state index is 7.17. The summed E-state index contributed by atoms with van der Waals surface area (Å²) < 4.78 is 6.24. The van der Waals surface area contributed by atoms with E-state index >= 15 is 0 Å². The van der Waals surface area contributed by atoms with Crippen molar-refractivity contribution < 1.29 is 28.5 Å². The van der Waals surface area contributed by atoms with Gasteiger partial charge in [-0.05, 0) is 98.5 Å². The SMILES string of the molecule is [C-]#[N+]c1ccc2c(c1)n(-c1ccc(C)c(C)c1)c[n+]2C.[C-]#[N+]c1ccc2ncn(-c3ccc(C)c(C)c3)c2c1.[I-]. The highest BCUT2D eigenvalue weighted by Crippen LogP contribution is 2.25. The number of imidazole rings is 2. The third-order valence-electron chi connectivity index (χ3n) is 7.21. The lowest BCUT2D eigenvalue weighted by Crippen LogP contribution is -3.00. The summed E-state index contributed by atoms with van der Waals surface area (Å²) in [7, 11) is 2.03. The lowest BCUT2D eigenvalue weighted by Gasteiger charge is -2.07. The normalized spacial score (nSPS) is 10.4. The minimum Gasteiger partial charge on any atom is -1.00 e. The number of fused-ring (bicyclic) bond motifs is 2. The molecule has 6 aromatic rings. The molecule has 0 N–H and O–H groups in total. The fraction of sp³-hybridized carbons (Fsp3) is 0.152. The maximum Gasteiger partial charge on any atom is 0.249 e. The summed E-state index contributed by atoms with van der Waals surface area (Å²) in [6.07, 6.45) is 3.87. The van der Waals surface area contributed by atoms with E-state index in [1.165, 1.54) is 22.3 Å². The quantitative estimate of drug-likeness (QED) is 0.153. The van der Waals surface area contributed by atoms with Crippen LogP contribution in [0.5, 0.6) is 0 Å². The van der Waals surface area contributed by atoms with Crippen molar-refractivity contribution in [3.63, 3.8) is 0 Å². The van der Waals surface area contributed by atoms with Crippen molar-refractivity contribution >= 4 is 33.4 Å². The summed E-state index contributed by atoms with van der Waals surface area (Å²) in [6, 6.07) is 24.1. The third kappa shape index (κ3) is 5.47. The first kappa shape index (κ1) is 28.5. The molecule has 6 rings (SSSR count). The van der Waals surface area contributed by atoms with Crippen molar-refractivity contribution in [2.24, 2.45) is 7.05 Å². The van der Waals surface area contributed by atoms with E-state index in [1.807, 2.05) is 48.3 Å². The number of hydrogen-bond acceptors (Lipinski definition) is 1. The van der Waals surface area contributed by atoms with Crippen molar-refractivity contribution in [1.29, 1.82) is 0 Å². The molecular weight excluding hydrogens is 607 g/mol. The predicted octanol–water partition coefficient (Wildman–Crippen LogP) is 4.82. The van der Waals surface area contributed by atoms with Gasteiger partial charge in [-0.15, -0.1) is 0 Å². The van der Waals surface area contributed by atoms with Gasteiger partial charge in [0.15, 0.2) is 22.4 Å². The summed E-state index contributed by atoms with van der Waals surface area (Å²) in [5, 5.41) is 0. The van der Waals surface area contributed by atoms with Gasteiger partial charge in [0.05, 0.1) is 31.2 Å². The molecule has 198 valence electrons. The van der Waals surface area contributed by atoms with E-state index in [-0.39, 0.29) is 24.0 Å². The summed E-state index contributed by atoms with van der Waals surface area (Å²) >= 11 is 0. The van der Waals surface area contributed by atoms with Crippen LogP contribution >= 0.6 is 0 Å². The average Bonchev–Trinajstić information content (AvgIpc) is 3.52. The Kier molecular flexibility index (Phi) is 8.37. The number of benzene rings is 4. The number of aromatic nitrogens is 4. The Morgan fingerprint density at radius 1 is 0.650 bits per heavy atom. The molecule has 0 spiro atoms. The molecule has 4 aromatic carbocycles. The molecule has 0 aliphatic heterocycles. The highest BCUT2D eigenvalue weighted by molar-refractivity contribution is 5.81. The van der Waals surface area contributed by atoms with Crippen molar-refractivity contribution in [2.75, 3.05) is 0 Å². The van der Waals surface area contributed by atoms with Crippen LogP contribution in [0.15, 0.2) is 85.5 Å². The zero-order valence-electron chi connectivity index (χ0n) is 23.1. The summed E-state index contributed by atoms with van der Waals surface area (Å²) in [5.74, 6) is 0. The Bertz CT molecular complexity index is 1950. The molecule has 0 fully saturated rings. The second-order valence-electron chi connectivity index (χ2n) is 9.82. The van der Waals surface area contributed by atoms with Crippen molar-refractivity contribution in [3.8, 4) is 11.4 Å². The van der Waals surface area contributed by atoms with Crippen LogP contribution in [0.3, 0.4) is 0 Å². The smallest absolute Gasteiger partial charge is 0.249 e. The fourth-order valence-electron chi connectivity index (χ4n) is 4.60. The summed E-state index contributed by atoms with van der Waals surface area (Å²) in [6.45, 7) is 22.7. The molecule has 0 saturated carbocycles. The lowest BCUT2D eigenvalue weighted by molar-refractivity contribution is -0.645. The van der Waals surface area contributed by atoms with Gasteiger partial charge >= 0.3 is 0 Å². The lowest BCUT2D eigenvalue weighted by atomic mass is 10.1. The van der Waals surface area contributed by atoms with Gasteiger partial charge in [-0.1, -0.05) is 24.3 Å². The van der Waals surface area contributed by atoms with Crippen molar-refractivity contribution in [2.45, 2.75) is 27.7 Å². The van der Waals surface area contributed by atoms with Gasteiger partial charge < -0.3 is 28.5 Å². The molecular formula is C33H29IN6. The molecule has 0 aliphatic carbocycles. The molecule has 0 saturated heterocycles. The van der Waals surface area contributed by atoms with Crippen LogP contribution in [-0.2, 0) is 7.05 Å². The van der Waals surface area contributed by atoms with Gasteiger partial charge in [-0.3, -0.25) is 0 Å². The Morgan fingerprint density at radius 2 is 1.20 bits per heavy atom. The third-order valence-corrected chi connectivity index (χ3v) is 7.21. The minimum atomic E-state index is 0. The van der Waals surface area contributed by atoms with E-state index in [9.17, 15) is 0 Å². The average molecular weight is 637 g/mol. The number of rotatable bonds is 2. The van der Waals surface area contributed by atoms with Crippen LogP contribution in [-0.4, -0.2) is 14.1 Å². The molecule has 2 heterocycles. The molecule has 0 radical (unpaired) electrons. The van der Waals surface area contributed by atoms with E-state index in [1.54, 1.807) is 6.07 Å². The Labute approximate surface area is 251 Å². The Balaban J connectivity index is 0.000000181. The summed E-state index contributed by atoms with van der Waals surface area (Å²) in [5.41, 5.74) is 12.6. The molecule has 0 unspecified atom stereocenters. The van der Waals surface area contributed by atoms with Gasteiger partial charge in [0, 0.05) is 5.69 Å². The van der Waals surface area contributed by atoms with E-state index in [0.29, 0.717) is 11.4 Å². The second-order valence-corrected chi connectivity index (χ2v) is 9.82. The first-order valence-electron chi connectivity index (χ1n) is 12.7. The monoisotopic (exact) mass is 636 g/mol. The van der Waals surface area contributed by atoms with Crippen LogP contribution in [0.4, 0.5) is 11.4 Å². The standard InChI is InChI=1S/C17H16N3.C16H13N3.HI/c1-12-5-7-15(9-13(12)2)20-11-19(4)16-8-6-14(18-3)10-17(16)20;1-11-4-6-14(8-12(11)2)19-10-18-15-7-5-13(17-3)9-16(15)19;/h5-11H,1-2,4H3;4-10H,1-2H3;1H/q+1;;/p-1. The molecule has 7 heteroatoms. The first-order chi connectivity index (χ1) is 18.8. The maximum atomic E-state index is 7.17. The van der Waals surface area contributed by atoms with E-state index in [4.69, 9.17) is 13.1 Å². The van der Waals surface area contributed by atoms with Gasteiger partial charge in [0.1, 0.15) is 12.0 Å². The highest BCUT2D eigenvalue weighted by atomic mass is 127. The Morgan fingerprint density at radius 3 is 1.77 bits per heavy atom. The second kappa shape index (κ2) is 11.7. The molecule has 0 aliphatic rings. The topological polar surface area (TPSA) is 35.3 Å². The molecule has 6 nitrogen and oxygen atoms in total. The van der Waals surface area contributed by atoms with Crippen LogP contribution < -0.4 is 28.5 Å². The molecule has 2 aromatic heterocycles. The molecule has 0 atom stereocenters. The van der Waals surface area contributed by atoms with Gasteiger partial charge in [0.25, 0.3) is 0 Å². The number of nitrogens with zero attached hydrogens (tertiary/aromatic N) is 6. The summed E-state index contributed by atoms with van der Waals surface area (Å²) in [4.78, 5) is 11.4. The number of aryl methyl sites for hydroxylation is 5.